The monoisotopic (exact) mass is 481 g/mol. The Morgan fingerprint density at radius 2 is 1.47 bits per heavy atom. The van der Waals surface area contributed by atoms with Crippen LogP contribution < -0.4 is 19.7 Å². The minimum absolute atomic E-state index is 0.195. The van der Waals surface area contributed by atoms with Gasteiger partial charge in [0.05, 0.1) is 24.8 Å². The lowest BCUT2D eigenvalue weighted by Gasteiger charge is -2.35. The molecule has 1 saturated heterocycles. The van der Waals surface area contributed by atoms with Crippen molar-refractivity contribution in [3.8, 4) is 11.5 Å². The molecule has 9 heteroatoms. The molecule has 0 radical (unpaired) electrons. The minimum Gasteiger partial charge on any atom is -0.497 e. The molecule has 1 N–H and O–H groups in total. The van der Waals surface area contributed by atoms with Crippen LogP contribution in [0.25, 0.3) is 0 Å². The van der Waals surface area contributed by atoms with Gasteiger partial charge in [0.25, 0.3) is 5.91 Å². The lowest BCUT2D eigenvalue weighted by Crippen LogP contribution is -2.48. The summed E-state index contributed by atoms with van der Waals surface area (Å²) >= 11 is 0. The number of ether oxygens (including phenoxy) is 2. The molecule has 3 aromatic carbocycles. The van der Waals surface area contributed by atoms with Gasteiger partial charge < -0.3 is 19.7 Å². The first-order valence-corrected chi connectivity index (χ1v) is 12.3. The molecule has 0 saturated carbocycles. The van der Waals surface area contributed by atoms with E-state index in [9.17, 15) is 13.2 Å². The van der Waals surface area contributed by atoms with Crippen LogP contribution in [0.15, 0.2) is 77.7 Å². The second kappa shape index (κ2) is 10.1. The van der Waals surface area contributed by atoms with E-state index in [2.05, 4.69) is 10.2 Å². The molecule has 0 bridgehead atoms. The number of hydrogen-bond donors (Lipinski definition) is 1. The first kappa shape index (κ1) is 23.6. The highest BCUT2D eigenvalue weighted by Crippen LogP contribution is 2.29. The number of anilines is 2. The molecular formula is C25H27N3O5S. The Balaban J connectivity index is 1.39. The highest BCUT2D eigenvalue weighted by molar-refractivity contribution is 7.89. The maximum absolute atomic E-state index is 13.2. The number of rotatable bonds is 7. The highest BCUT2D eigenvalue weighted by Gasteiger charge is 2.29. The van der Waals surface area contributed by atoms with Crippen LogP contribution in [0.2, 0.25) is 0 Å². The number of carbonyl (C=O) groups is 1. The Morgan fingerprint density at radius 3 is 2.09 bits per heavy atom. The third kappa shape index (κ3) is 5.00. The quantitative estimate of drug-likeness (QED) is 0.556. The summed E-state index contributed by atoms with van der Waals surface area (Å²) < 4.78 is 38.3. The summed E-state index contributed by atoms with van der Waals surface area (Å²) in [6, 6.07) is 20.7. The van der Waals surface area contributed by atoms with Crippen molar-refractivity contribution in [2.45, 2.75) is 4.90 Å². The van der Waals surface area contributed by atoms with Gasteiger partial charge in [0.15, 0.2) is 0 Å². The SMILES string of the molecule is COc1ccc(C(=O)Nc2ccc(S(=O)(=O)N3CCN(c4ccccc4OC)CC3)cc2)cc1. The van der Waals surface area contributed by atoms with Gasteiger partial charge in [-0.3, -0.25) is 4.79 Å². The zero-order valence-corrected chi connectivity index (χ0v) is 19.9. The Labute approximate surface area is 199 Å². The lowest BCUT2D eigenvalue weighted by atomic mass is 10.2. The highest BCUT2D eigenvalue weighted by atomic mass is 32.2. The van der Waals surface area contributed by atoms with Gasteiger partial charge >= 0.3 is 0 Å². The Bertz CT molecular complexity index is 1240. The van der Waals surface area contributed by atoms with Crippen LogP contribution >= 0.6 is 0 Å². The summed E-state index contributed by atoms with van der Waals surface area (Å²) in [6.45, 7) is 1.87. The van der Waals surface area contributed by atoms with Crippen molar-refractivity contribution < 1.29 is 22.7 Å². The van der Waals surface area contributed by atoms with Gasteiger partial charge in [0, 0.05) is 37.4 Å². The molecule has 0 aliphatic carbocycles. The Kier molecular flexibility index (Phi) is 7.04. The van der Waals surface area contributed by atoms with Crippen LogP contribution in [-0.4, -0.2) is 59.0 Å². The predicted molar refractivity (Wildman–Crippen MR) is 131 cm³/mol. The van der Waals surface area contributed by atoms with E-state index in [1.54, 1.807) is 50.6 Å². The molecule has 1 amide bonds. The summed E-state index contributed by atoms with van der Waals surface area (Å²) in [5.74, 6) is 1.15. The van der Waals surface area contributed by atoms with Gasteiger partial charge in [0.2, 0.25) is 10.0 Å². The summed E-state index contributed by atoms with van der Waals surface area (Å²) in [5.41, 5.74) is 1.95. The van der Waals surface area contributed by atoms with Crippen LogP contribution in [0.1, 0.15) is 10.4 Å². The van der Waals surface area contributed by atoms with Crippen LogP contribution in [0.3, 0.4) is 0 Å². The second-order valence-electron chi connectivity index (χ2n) is 7.77. The summed E-state index contributed by atoms with van der Waals surface area (Å²) in [4.78, 5) is 14.8. The van der Waals surface area contributed by atoms with E-state index in [-0.39, 0.29) is 10.8 Å². The molecule has 178 valence electrons. The number of para-hydroxylation sites is 2. The molecule has 3 aromatic rings. The zero-order chi connectivity index (χ0) is 24.1. The maximum Gasteiger partial charge on any atom is 0.255 e. The number of nitrogens with zero attached hydrogens (tertiary/aromatic N) is 2. The third-order valence-electron chi connectivity index (χ3n) is 5.77. The number of hydrogen-bond acceptors (Lipinski definition) is 6. The van der Waals surface area contributed by atoms with E-state index < -0.39 is 10.0 Å². The topological polar surface area (TPSA) is 88.2 Å². The van der Waals surface area contributed by atoms with Gasteiger partial charge in [-0.05, 0) is 60.7 Å². The van der Waals surface area contributed by atoms with Gasteiger partial charge in [-0.2, -0.15) is 4.31 Å². The Hall–Kier alpha value is -3.56. The number of amides is 1. The molecule has 34 heavy (non-hydrogen) atoms. The number of sulfonamides is 1. The largest absolute Gasteiger partial charge is 0.497 e. The van der Waals surface area contributed by atoms with Crippen molar-refractivity contribution >= 4 is 27.3 Å². The summed E-state index contributed by atoms with van der Waals surface area (Å²) in [5, 5.41) is 2.78. The van der Waals surface area contributed by atoms with Gasteiger partial charge in [0.1, 0.15) is 11.5 Å². The third-order valence-corrected chi connectivity index (χ3v) is 7.68. The van der Waals surface area contributed by atoms with Crippen molar-refractivity contribution in [1.29, 1.82) is 0 Å². The van der Waals surface area contributed by atoms with Gasteiger partial charge in [-0.25, -0.2) is 8.42 Å². The van der Waals surface area contributed by atoms with E-state index in [1.807, 2.05) is 24.3 Å². The van der Waals surface area contributed by atoms with Crippen LogP contribution in [0.5, 0.6) is 11.5 Å². The van der Waals surface area contributed by atoms with E-state index >= 15 is 0 Å². The molecule has 1 fully saturated rings. The predicted octanol–water partition coefficient (Wildman–Crippen LogP) is 3.47. The normalized spacial score (nSPS) is 14.5. The van der Waals surface area contributed by atoms with Crippen molar-refractivity contribution in [1.82, 2.24) is 4.31 Å². The van der Waals surface area contributed by atoms with Crippen molar-refractivity contribution in [2.75, 3.05) is 50.6 Å². The molecular weight excluding hydrogens is 454 g/mol. The molecule has 0 unspecified atom stereocenters. The van der Waals surface area contributed by atoms with Crippen LogP contribution in [0, 0.1) is 0 Å². The molecule has 8 nitrogen and oxygen atoms in total. The zero-order valence-electron chi connectivity index (χ0n) is 19.1. The first-order valence-electron chi connectivity index (χ1n) is 10.9. The average Bonchev–Trinajstić information content (AvgIpc) is 2.89. The smallest absolute Gasteiger partial charge is 0.255 e. The van der Waals surface area contributed by atoms with E-state index in [0.717, 1.165) is 11.4 Å². The summed E-state index contributed by atoms with van der Waals surface area (Å²) in [7, 11) is -0.451. The molecule has 0 aromatic heterocycles. The fourth-order valence-corrected chi connectivity index (χ4v) is 5.29. The second-order valence-corrected chi connectivity index (χ2v) is 9.71. The molecule has 0 spiro atoms. The molecule has 1 aliphatic heterocycles. The molecule has 0 atom stereocenters. The van der Waals surface area contributed by atoms with Crippen molar-refractivity contribution in [2.24, 2.45) is 0 Å². The standard InChI is InChI=1S/C25H27N3O5S/c1-32-21-11-7-19(8-12-21)25(29)26-20-9-13-22(14-10-20)34(30,31)28-17-15-27(16-18-28)23-5-3-4-6-24(23)33-2/h3-14H,15-18H2,1-2H3,(H,26,29). The van der Waals surface area contributed by atoms with Gasteiger partial charge in [-0.15, -0.1) is 0 Å². The fraction of sp³-hybridized carbons (Fsp3) is 0.240. The minimum atomic E-state index is -3.64. The van der Waals surface area contributed by atoms with Crippen LogP contribution in [-0.2, 0) is 10.0 Å². The van der Waals surface area contributed by atoms with Crippen LogP contribution in [0.4, 0.5) is 11.4 Å². The Morgan fingerprint density at radius 1 is 0.824 bits per heavy atom. The van der Waals surface area contributed by atoms with Gasteiger partial charge in [-0.1, -0.05) is 12.1 Å². The first-order chi connectivity index (χ1) is 16.4. The van der Waals surface area contributed by atoms with E-state index in [4.69, 9.17) is 9.47 Å². The number of benzene rings is 3. The van der Waals surface area contributed by atoms with E-state index in [1.165, 1.54) is 16.4 Å². The average molecular weight is 482 g/mol. The maximum atomic E-state index is 13.2. The fourth-order valence-electron chi connectivity index (χ4n) is 3.87. The lowest BCUT2D eigenvalue weighted by molar-refractivity contribution is 0.102. The van der Waals surface area contributed by atoms with Crippen molar-refractivity contribution in [3.63, 3.8) is 0 Å². The summed E-state index contributed by atoms with van der Waals surface area (Å²) in [6.07, 6.45) is 0. The number of methoxy groups -OCH3 is 2. The number of nitrogens with one attached hydrogen (secondary N) is 1. The number of piperazine rings is 1. The number of carbonyl (C=O) groups excluding carboxylic acids is 1. The van der Waals surface area contributed by atoms with Crippen molar-refractivity contribution in [3.05, 3.63) is 78.4 Å². The molecule has 1 heterocycles. The molecule has 1 aliphatic rings. The van der Waals surface area contributed by atoms with E-state index in [0.29, 0.717) is 43.2 Å². The molecule has 4 rings (SSSR count).